The number of ether oxygens (including phenoxy) is 1. The monoisotopic (exact) mass is 201 g/mol. The molecule has 2 nitrogen and oxygen atoms in total. The van der Waals surface area contributed by atoms with E-state index in [-0.39, 0.29) is 11.5 Å². The van der Waals surface area contributed by atoms with Gasteiger partial charge in [0.15, 0.2) is 0 Å². The molecule has 0 fully saturated rings. The van der Waals surface area contributed by atoms with Crippen molar-refractivity contribution in [2.75, 3.05) is 0 Å². The van der Waals surface area contributed by atoms with Gasteiger partial charge in [-0.3, -0.25) is 0 Å². The Morgan fingerprint density at radius 1 is 1.07 bits per heavy atom. The summed E-state index contributed by atoms with van der Waals surface area (Å²) in [5, 5.41) is 12.3. The van der Waals surface area contributed by atoms with Gasteiger partial charge in [0.05, 0.1) is 5.60 Å². The highest BCUT2D eigenvalue weighted by Crippen LogP contribution is 2.32. The molecule has 0 bridgehead atoms. The maximum absolute atomic E-state index is 12.3. The first-order chi connectivity index (χ1) is 6.33. The van der Waals surface area contributed by atoms with E-state index in [1.54, 1.807) is 0 Å². The van der Waals surface area contributed by atoms with Crippen molar-refractivity contribution >= 4 is 0 Å². The highest BCUT2D eigenvalue weighted by atomic mass is 16.6. The molecule has 0 aliphatic heterocycles. The van der Waals surface area contributed by atoms with E-state index in [1.165, 1.54) is 0 Å². The van der Waals surface area contributed by atoms with Crippen LogP contribution in [0.15, 0.2) is 0 Å². The van der Waals surface area contributed by atoms with Crippen LogP contribution in [0.4, 0.5) is 0 Å². The third kappa shape index (κ3) is 3.25. The summed E-state index contributed by atoms with van der Waals surface area (Å²) in [6.07, 6.45) is 2.31. The Labute approximate surface area is 88.7 Å². The van der Waals surface area contributed by atoms with Gasteiger partial charge in [0.25, 0.3) is 0 Å². The van der Waals surface area contributed by atoms with Gasteiger partial charge in [-0.05, 0) is 19.8 Å². The topological polar surface area (TPSA) is 29.1 Å². The van der Waals surface area contributed by atoms with Gasteiger partial charge in [-0.2, -0.15) is 5.11 Å². The molecule has 0 amide bonds. The van der Waals surface area contributed by atoms with Crippen LogP contribution in [-0.2, 0) is 9.84 Å². The fourth-order valence-corrected chi connectivity index (χ4v) is 1.41. The van der Waals surface area contributed by atoms with Gasteiger partial charge in [-0.1, -0.05) is 34.6 Å². The summed E-state index contributed by atoms with van der Waals surface area (Å²) in [4.78, 5) is 0. The van der Waals surface area contributed by atoms with Gasteiger partial charge in [0, 0.05) is 12.3 Å². The van der Waals surface area contributed by atoms with Gasteiger partial charge in [0.1, 0.15) is 0 Å². The summed E-state index contributed by atoms with van der Waals surface area (Å²) < 4.78 is 5.78. The molecule has 0 aromatic rings. The van der Waals surface area contributed by atoms with Crippen LogP contribution in [0.1, 0.15) is 60.8 Å². The average Bonchev–Trinajstić information content (AvgIpc) is 2.17. The Kier molecular flexibility index (Phi) is 5.10. The molecule has 0 aromatic carbocycles. The lowest BCUT2D eigenvalue weighted by atomic mass is 9.95. The smallest absolute Gasteiger partial charge is 0.204 e. The van der Waals surface area contributed by atoms with E-state index in [0.29, 0.717) is 6.42 Å². The van der Waals surface area contributed by atoms with Crippen molar-refractivity contribution in [3.05, 3.63) is 0 Å². The Morgan fingerprint density at radius 2 is 1.50 bits per heavy atom. The first-order valence-corrected chi connectivity index (χ1v) is 5.74. The lowest BCUT2D eigenvalue weighted by Gasteiger charge is -2.38. The fourth-order valence-electron chi connectivity index (χ4n) is 1.41. The zero-order valence-corrected chi connectivity index (χ0v) is 10.5. The van der Waals surface area contributed by atoms with Crippen molar-refractivity contribution in [1.82, 2.24) is 0 Å². The third-order valence-electron chi connectivity index (χ3n) is 3.29. The molecule has 0 aliphatic rings. The predicted octanol–water partition coefficient (Wildman–Crippen LogP) is 3.77. The van der Waals surface area contributed by atoms with E-state index in [4.69, 9.17) is 4.74 Å². The number of rotatable bonds is 6. The van der Waals surface area contributed by atoms with Crippen LogP contribution in [-0.4, -0.2) is 11.4 Å². The first kappa shape index (κ1) is 13.9. The molecule has 0 N–H and O–H groups in total. The minimum atomic E-state index is -1.22. The quantitative estimate of drug-likeness (QED) is 0.601. The van der Waals surface area contributed by atoms with Crippen molar-refractivity contribution in [1.29, 1.82) is 0 Å². The normalized spacial score (nSPS) is 17.1. The van der Waals surface area contributed by atoms with Crippen LogP contribution in [0.3, 0.4) is 0 Å². The molecule has 85 valence electrons. The largest absolute Gasteiger partial charge is 0.341 e. The second kappa shape index (κ2) is 5.13. The minimum absolute atomic E-state index is 0.0184. The molecule has 1 radical (unpaired) electrons. The van der Waals surface area contributed by atoms with E-state index in [0.717, 1.165) is 12.8 Å². The molecule has 1 atom stereocenters. The van der Waals surface area contributed by atoms with Crippen molar-refractivity contribution in [3.63, 3.8) is 0 Å². The van der Waals surface area contributed by atoms with Crippen LogP contribution in [0.2, 0.25) is 0 Å². The second-order valence-electron chi connectivity index (χ2n) is 4.58. The lowest BCUT2D eigenvalue weighted by molar-refractivity contribution is -0.314. The van der Waals surface area contributed by atoms with Crippen molar-refractivity contribution in [2.24, 2.45) is 5.92 Å². The van der Waals surface area contributed by atoms with Crippen molar-refractivity contribution in [2.45, 2.75) is 72.2 Å². The third-order valence-corrected chi connectivity index (χ3v) is 3.29. The summed E-state index contributed by atoms with van der Waals surface area (Å²) in [6, 6.07) is 0. The maximum Gasteiger partial charge on any atom is 0.204 e. The highest BCUT2D eigenvalue weighted by molar-refractivity contribution is 4.78. The zero-order chi connectivity index (χ0) is 11.4. The van der Waals surface area contributed by atoms with E-state index in [2.05, 4.69) is 13.8 Å². The molecule has 0 spiro atoms. The molecule has 0 rings (SSSR count). The predicted molar refractivity (Wildman–Crippen MR) is 58.6 cm³/mol. The van der Waals surface area contributed by atoms with E-state index in [1.807, 2.05) is 27.7 Å². The molecule has 0 heterocycles. The van der Waals surface area contributed by atoms with Crippen molar-refractivity contribution < 1.29 is 9.84 Å². The van der Waals surface area contributed by atoms with E-state index < -0.39 is 5.79 Å². The average molecular weight is 201 g/mol. The Balaban J connectivity index is 4.59. The summed E-state index contributed by atoms with van der Waals surface area (Å²) >= 11 is 0. The first-order valence-electron chi connectivity index (χ1n) is 5.74. The van der Waals surface area contributed by atoms with Crippen LogP contribution in [0.5, 0.6) is 0 Å². The van der Waals surface area contributed by atoms with Gasteiger partial charge in [0.2, 0.25) is 5.79 Å². The molecular formula is C12H25O2. The van der Waals surface area contributed by atoms with E-state index >= 15 is 0 Å². The Bertz CT molecular complexity index is 162. The van der Waals surface area contributed by atoms with E-state index in [9.17, 15) is 5.11 Å². The Morgan fingerprint density at radius 3 is 1.71 bits per heavy atom. The SMILES string of the molecule is CCC(C)(CC)OC([O])(CC)C(C)C. The van der Waals surface area contributed by atoms with Gasteiger partial charge >= 0.3 is 0 Å². The lowest BCUT2D eigenvalue weighted by Crippen LogP contribution is -2.44. The standard InChI is InChI=1S/C12H25O2/c1-7-11(6,8-2)14-12(13,9-3)10(4)5/h10H,7-9H2,1-6H3. The minimum Gasteiger partial charge on any atom is -0.341 e. The molecule has 14 heavy (non-hydrogen) atoms. The summed E-state index contributed by atoms with van der Waals surface area (Å²) in [5.41, 5.74) is -0.262. The number of hydrogen-bond donors (Lipinski definition) is 0. The van der Waals surface area contributed by atoms with Crippen LogP contribution in [0, 0.1) is 5.92 Å². The molecule has 0 aromatic heterocycles. The van der Waals surface area contributed by atoms with Crippen LogP contribution in [0.25, 0.3) is 0 Å². The van der Waals surface area contributed by atoms with Gasteiger partial charge in [-0.25, -0.2) is 0 Å². The molecule has 1 unspecified atom stereocenters. The summed E-state index contributed by atoms with van der Waals surface area (Å²) in [7, 11) is 0. The second-order valence-corrected chi connectivity index (χ2v) is 4.58. The number of hydrogen-bond acceptors (Lipinski definition) is 1. The summed E-state index contributed by atoms with van der Waals surface area (Å²) in [6.45, 7) is 11.9. The van der Waals surface area contributed by atoms with Gasteiger partial charge < -0.3 is 4.74 Å². The molecular weight excluding hydrogens is 176 g/mol. The fraction of sp³-hybridized carbons (Fsp3) is 1.00. The highest BCUT2D eigenvalue weighted by Gasteiger charge is 2.38. The van der Waals surface area contributed by atoms with Crippen LogP contribution < -0.4 is 0 Å². The van der Waals surface area contributed by atoms with Crippen LogP contribution >= 0.6 is 0 Å². The zero-order valence-electron chi connectivity index (χ0n) is 10.5. The summed E-state index contributed by atoms with van der Waals surface area (Å²) in [5.74, 6) is -1.20. The molecule has 0 aliphatic carbocycles. The Hall–Kier alpha value is -0.0800. The molecule has 0 saturated carbocycles. The van der Waals surface area contributed by atoms with Gasteiger partial charge in [-0.15, -0.1) is 0 Å². The molecule has 2 heteroatoms. The maximum atomic E-state index is 12.3. The molecule has 0 saturated heterocycles. The van der Waals surface area contributed by atoms with Crippen molar-refractivity contribution in [3.8, 4) is 0 Å².